The first-order valence-electron chi connectivity index (χ1n) is 9.52. The van der Waals surface area contributed by atoms with Gasteiger partial charge in [0.2, 0.25) is 0 Å². The van der Waals surface area contributed by atoms with Gasteiger partial charge in [-0.25, -0.2) is 4.90 Å². The SMILES string of the molecule is COc1cccc(N2C(=O)C(Cl)=C(N3CCN(Cc4ccccc4)CC3)C2=O)c1. The predicted molar refractivity (Wildman–Crippen MR) is 112 cm³/mol. The van der Waals surface area contributed by atoms with Gasteiger partial charge in [0.05, 0.1) is 12.8 Å². The minimum atomic E-state index is -0.494. The number of hydrogen-bond acceptors (Lipinski definition) is 5. The Bertz CT molecular complexity index is 953. The van der Waals surface area contributed by atoms with E-state index in [1.165, 1.54) is 5.56 Å². The number of benzene rings is 2. The lowest BCUT2D eigenvalue weighted by Gasteiger charge is -2.36. The maximum atomic E-state index is 13.1. The minimum absolute atomic E-state index is 0.0191. The number of halogens is 1. The largest absolute Gasteiger partial charge is 0.497 e. The standard InChI is InChI=1S/C22H22ClN3O3/c1-29-18-9-5-8-17(14-18)26-21(27)19(23)20(22(26)28)25-12-10-24(11-13-25)15-16-6-3-2-4-7-16/h2-9,14H,10-13,15H2,1H3. The van der Waals surface area contributed by atoms with Gasteiger partial charge in [-0.1, -0.05) is 48.0 Å². The lowest BCUT2D eigenvalue weighted by molar-refractivity contribution is -0.121. The number of piperazine rings is 1. The van der Waals surface area contributed by atoms with Crippen LogP contribution in [0.1, 0.15) is 5.56 Å². The van der Waals surface area contributed by atoms with Gasteiger partial charge in [0.15, 0.2) is 0 Å². The Balaban J connectivity index is 1.46. The summed E-state index contributed by atoms with van der Waals surface area (Å²) in [6, 6.07) is 17.1. The van der Waals surface area contributed by atoms with Crippen LogP contribution in [0, 0.1) is 0 Å². The van der Waals surface area contributed by atoms with Crippen molar-refractivity contribution >= 4 is 29.1 Å². The summed E-state index contributed by atoms with van der Waals surface area (Å²) in [4.78, 5) is 31.2. The molecule has 2 heterocycles. The molecule has 2 amide bonds. The molecule has 1 fully saturated rings. The number of anilines is 1. The molecule has 0 aromatic heterocycles. The molecule has 0 unspecified atom stereocenters. The van der Waals surface area contributed by atoms with Gasteiger partial charge in [-0.2, -0.15) is 0 Å². The summed E-state index contributed by atoms with van der Waals surface area (Å²) < 4.78 is 5.20. The Kier molecular flexibility index (Phi) is 5.56. The third-order valence-corrected chi connectivity index (χ3v) is 5.59. The van der Waals surface area contributed by atoms with Crippen LogP contribution in [-0.4, -0.2) is 54.9 Å². The quantitative estimate of drug-likeness (QED) is 0.708. The number of amides is 2. The Labute approximate surface area is 174 Å². The second-order valence-electron chi connectivity index (χ2n) is 7.06. The Morgan fingerprint density at radius 2 is 1.66 bits per heavy atom. The fourth-order valence-corrected chi connectivity index (χ4v) is 4.01. The van der Waals surface area contributed by atoms with Crippen LogP contribution in [0.3, 0.4) is 0 Å². The number of carbonyl (C=O) groups is 2. The number of hydrogen-bond donors (Lipinski definition) is 0. The van der Waals surface area contributed by atoms with Crippen molar-refractivity contribution in [2.75, 3.05) is 38.2 Å². The Morgan fingerprint density at radius 1 is 0.931 bits per heavy atom. The molecule has 1 saturated heterocycles. The molecule has 150 valence electrons. The smallest absolute Gasteiger partial charge is 0.283 e. The average molecular weight is 412 g/mol. The van der Waals surface area contributed by atoms with Crippen molar-refractivity contribution in [3.63, 3.8) is 0 Å². The maximum Gasteiger partial charge on any atom is 0.283 e. The Hall–Kier alpha value is -2.83. The maximum absolute atomic E-state index is 13.1. The molecule has 2 aliphatic rings. The number of nitrogens with zero attached hydrogens (tertiary/aromatic N) is 3. The molecule has 0 saturated carbocycles. The molecule has 0 bridgehead atoms. The van der Waals surface area contributed by atoms with Gasteiger partial charge >= 0.3 is 0 Å². The molecule has 0 radical (unpaired) electrons. The van der Waals surface area contributed by atoms with Gasteiger partial charge in [-0.3, -0.25) is 14.5 Å². The normalized spacial score (nSPS) is 18.0. The molecule has 7 heteroatoms. The van der Waals surface area contributed by atoms with E-state index < -0.39 is 5.91 Å². The third-order valence-electron chi connectivity index (χ3n) is 5.25. The van der Waals surface area contributed by atoms with E-state index in [4.69, 9.17) is 16.3 Å². The molecule has 0 N–H and O–H groups in total. The van der Waals surface area contributed by atoms with Crippen LogP contribution in [0.25, 0.3) is 0 Å². The Morgan fingerprint density at radius 3 is 2.34 bits per heavy atom. The monoisotopic (exact) mass is 411 g/mol. The highest BCUT2D eigenvalue weighted by molar-refractivity contribution is 6.52. The molecule has 6 nitrogen and oxygen atoms in total. The molecule has 0 atom stereocenters. The lowest BCUT2D eigenvalue weighted by Crippen LogP contribution is -2.47. The first-order valence-corrected chi connectivity index (χ1v) is 9.90. The molecule has 4 rings (SSSR count). The molecule has 0 aliphatic carbocycles. The molecule has 29 heavy (non-hydrogen) atoms. The lowest BCUT2D eigenvalue weighted by atomic mass is 10.2. The summed E-state index contributed by atoms with van der Waals surface area (Å²) >= 11 is 6.32. The number of imide groups is 1. The van der Waals surface area contributed by atoms with Crippen molar-refractivity contribution in [1.82, 2.24) is 9.80 Å². The van der Waals surface area contributed by atoms with E-state index in [9.17, 15) is 9.59 Å². The summed E-state index contributed by atoms with van der Waals surface area (Å²) in [6.07, 6.45) is 0. The molecule has 2 aliphatic heterocycles. The van der Waals surface area contributed by atoms with Gasteiger partial charge in [0.25, 0.3) is 11.8 Å². The van der Waals surface area contributed by atoms with Crippen LogP contribution in [0.2, 0.25) is 0 Å². The third kappa shape index (κ3) is 3.86. The van der Waals surface area contributed by atoms with Gasteiger partial charge in [0.1, 0.15) is 16.5 Å². The van der Waals surface area contributed by atoms with E-state index in [0.717, 1.165) is 24.5 Å². The van der Waals surface area contributed by atoms with Crippen molar-refractivity contribution < 1.29 is 14.3 Å². The second-order valence-corrected chi connectivity index (χ2v) is 7.44. The highest BCUT2D eigenvalue weighted by Crippen LogP contribution is 2.33. The topological polar surface area (TPSA) is 53.1 Å². The van der Waals surface area contributed by atoms with Crippen LogP contribution in [0.4, 0.5) is 5.69 Å². The van der Waals surface area contributed by atoms with E-state index >= 15 is 0 Å². The summed E-state index contributed by atoms with van der Waals surface area (Å²) in [5, 5.41) is -0.0191. The van der Waals surface area contributed by atoms with E-state index in [1.807, 2.05) is 23.1 Å². The minimum Gasteiger partial charge on any atom is -0.497 e. The van der Waals surface area contributed by atoms with Crippen LogP contribution >= 0.6 is 11.6 Å². The van der Waals surface area contributed by atoms with Crippen molar-refractivity contribution in [3.05, 3.63) is 70.9 Å². The van der Waals surface area contributed by atoms with Gasteiger partial charge in [-0.05, 0) is 17.7 Å². The van der Waals surface area contributed by atoms with E-state index in [2.05, 4.69) is 17.0 Å². The summed E-state index contributed by atoms with van der Waals surface area (Å²) in [5.41, 5.74) is 2.00. The number of ether oxygens (including phenoxy) is 1. The van der Waals surface area contributed by atoms with Gasteiger partial charge in [0, 0.05) is 38.8 Å². The van der Waals surface area contributed by atoms with Crippen LogP contribution in [0.5, 0.6) is 5.75 Å². The van der Waals surface area contributed by atoms with Crippen molar-refractivity contribution in [1.29, 1.82) is 0 Å². The van der Waals surface area contributed by atoms with E-state index in [1.54, 1.807) is 31.4 Å². The molecular formula is C22H22ClN3O3. The zero-order valence-electron chi connectivity index (χ0n) is 16.2. The summed E-state index contributed by atoms with van der Waals surface area (Å²) in [5.74, 6) is -0.307. The highest BCUT2D eigenvalue weighted by Gasteiger charge is 2.42. The van der Waals surface area contributed by atoms with Gasteiger partial charge < -0.3 is 9.64 Å². The van der Waals surface area contributed by atoms with Crippen LogP contribution in [0.15, 0.2) is 65.3 Å². The van der Waals surface area contributed by atoms with Crippen molar-refractivity contribution in [2.24, 2.45) is 0 Å². The van der Waals surface area contributed by atoms with Crippen molar-refractivity contribution in [2.45, 2.75) is 6.54 Å². The first kappa shape index (κ1) is 19.5. The van der Waals surface area contributed by atoms with Crippen molar-refractivity contribution in [3.8, 4) is 5.75 Å². The number of carbonyl (C=O) groups excluding carboxylic acids is 2. The number of methoxy groups -OCH3 is 1. The molecule has 0 spiro atoms. The fourth-order valence-electron chi connectivity index (χ4n) is 3.72. The fraction of sp³-hybridized carbons (Fsp3) is 0.273. The number of rotatable bonds is 5. The second kappa shape index (κ2) is 8.27. The average Bonchev–Trinajstić information content (AvgIpc) is 2.98. The van der Waals surface area contributed by atoms with E-state index in [-0.39, 0.29) is 10.9 Å². The zero-order chi connectivity index (χ0) is 20.4. The highest BCUT2D eigenvalue weighted by atomic mass is 35.5. The van der Waals surface area contributed by atoms with E-state index in [0.29, 0.717) is 30.2 Å². The zero-order valence-corrected chi connectivity index (χ0v) is 16.9. The summed E-state index contributed by atoms with van der Waals surface area (Å²) in [7, 11) is 1.54. The molecular weight excluding hydrogens is 390 g/mol. The first-order chi connectivity index (χ1) is 14.1. The summed E-state index contributed by atoms with van der Waals surface area (Å²) in [6.45, 7) is 3.74. The van der Waals surface area contributed by atoms with Crippen LogP contribution < -0.4 is 9.64 Å². The molecule has 2 aromatic rings. The predicted octanol–water partition coefficient (Wildman–Crippen LogP) is 2.84. The molecule has 2 aromatic carbocycles. The van der Waals surface area contributed by atoms with Crippen LogP contribution in [-0.2, 0) is 16.1 Å². The van der Waals surface area contributed by atoms with Gasteiger partial charge in [-0.15, -0.1) is 0 Å².